The number of amides is 2. The van der Waals surface area contributed by atoms with Crippen molar-refractivity contribution in [3.8, 4) is 5.75 Å². The van der Waals surface area contributed by atoms with Crippen LogP contribution in [0.25, 0.3) is 0 Å². The first-order valence-corrected chi connectivity index (χ1v) is 13.3. The molecule has 8 nitrogen and oxygen atoms in total. The van der Waals surface area contributed by atoms with Gasteiger partial charge in [0, 0.05) is 38.8 Å². The number of benzene rings is 1. The molecule has 4 atom stereocenters. The quantitative estimate of drug-likeness (QED) is 0.530. The van der Waals surface area contributed by atoms with E-state index in [4.69, 9.17) is 14.2 Å². The number of likely N-dealkylation sites (tertiary alicyclic amines) is 1. The molecule has 36 heavy (non-hydrogen) atoms. The van der Waals surface area contributed by atoms with E-state index >= 15 is 0 Å². The number of hydrogen-bond donors (Lipinski definition) is 0. The van der Waals surface area contributed by atoms with Gasteiger partial charge in [-0.05, 0) is 65.6 Å². The van der Waals surface area contributed by atoms with Crippen LogP contribution in [0.15, 0.2) is 18.2 Å². The number of nitrogens with zero attached hydrogens (tertiary/aromatic N) is 3. The molecule has 198 valence electrons. The van der Waals surface area contributed by atoms with E-state index in [-0.39, 0.29) is 47.8 Å². The van der Waals surface area contributed by atoms with Gasteiger partial charge in [-0.3, -0.25) is 19.4 Å². The van der Waals surface area contributed by atoms with Crippen molar-refractivity contribution in [1.82, 2.24) is 9.80 Å². The van der Waals surface area contributed by atoms with E-state index in [2.05, 4.69) is 9.80 Å². The lowest BCUT2D eigenvalue weighted by Crippen LogP contribution is -2.47. The van der Waals surface area contributed by atoms with Gasteiger partial charge in [0.1, 0.15) is 11.6 Å². The fraction of sp³-hybridized carbons (Fsp3) is 0.704. The number of hydrogen-bond acceptors (Lipinski definition) is 7. The zero-order valence-electron chi connectivity index (χ0n) is 21.7. The molecule has 1 aliphatic carbocycles. The van der Waals surface area contributed by atoms with Crippen LogP contribution < -0.4 is 9.64 Å². The molecule has 3 heterocycles. The standard InChI is InChI=1S/C27H38FN3O5/c1-17(2)34-22-7-6-18(28)14-21(22)30-12-10-29(11-13-30)8-5-9-31-25(32)19-15-23-24(16-20(19)26(31)33)36-27(3,4)35-23/h6-7,14,17,19-20,23-24H,5,8-13,15-16H2,1-4H3. The van der Waals surface area contributed by atoms with Gasteiger partial charge in [0.15, 0.2) is 5.79 Å². The van der Waals surface area contributed by atoms with Crippen LogP contribution in [0.4, 0.5) is 10.1 Å². The van der Waals surface area contributed by atoms with Gasteiger partial charge in [-0.25, -0.2) is 4.39 Å². The van der Waals surface area contributed by atoms with Crippen LogP contribution >= 0.6 is 0 Å². The number of piperazine rings is 1. The normalized spacial score (nSPS) is 30.2. The Bertz CT molecular complexity index is 960. The van der Waals surface area contributed by atoms with Crippen LogP contribution in [-0.4, -0.2) is 85.0 Å². The number of halogens is 1. The van der Waals surface area contributed by atoms with E-state index in [1.54, 1.807) is 12.1 Å². The molecule has 3 saturated heterocycles. The van der Waals surface area contributed by atoms with Crippen molar-refractivity contribution in [3.63, 3.8) is 0 Å². The summed E-state index contributed by atoms with van der Waals surface area (Å²) in [5, 5.41) is 0. The molecular formula is C27H38FN3O5. The van der Waals surface area contributed by atoms with Gasteiger partial charge in [0.05, 0.1) is 35.8 Å². The Morgan fingerprint density at radius 3 is 2.19 bits per heavy atom. The summed E-state index contributed by atoms with van der Waals surface area (Å²) in [5.41, 5.74) is 0.792. The molecule has 0 spiro atoms. The van der Waals surface area contributed by atoms with Crippen molar-refractivity contribution in [1.29, 1.82) is 0 Å². The minimum Gasteiger partial charge on any atom is -0.489 e. The number of fused-ring (bicyclic) bond motifs is 2. The minimum absolute atomic E-state index is 0.0156. The van der Waals surface area contributed by atoms with Crippen LogP contribution in [0.1, 0.15) is 47.0 Å². The highest BCUT2D eigenvalue weighted by molar-refractivity contribution is 6.05. The predicted molar refractivity (Wildman–Crippen MR) is 132 cm³/mol. The molecule has 3 aliphatic heterocycles. The van der Waals surface area contributed by atoms with Crippen LogP contribution in [-0.2, 0) is 19.1 Å². The second kappa shape index (κ2) is 9.91. The molecule has 1 saturated carbocycles. The molecule has 0 bridgehead atoms. The predicted octanol–water partition coefficient (Wildman–Crippen LogP) is 3.04. The average molecular weight is 504 g/mol. The maximum absolute atomic E-state index is 13.9. The van der Waals surface area contributed by atoms with Gasteiger partial charge in [-0.2, -0.15) is 0 Å². The summed E-state index contributed by atoms with van der Waals surface area (Å²) in [5.74, 6) is -0.885. The summed E-state index contributed by atoms with van der Waals surface area (Å²) < 4.78 is 31.8. The third-order valence-electron chi connectivity index (χ3n) is 7.76. The second-order valence-electron chi connectivity index (χ2n) is 11.2. The maximum atomic E-state index is 13.9. The number of carbonyl (C=O) groups is 2. The van der Waals surface area contributed by atoms with Crippen molar-refractivity contribution in [2.45, 2.75) is 71.1 Å². The molecule has 0 aromatic heterocycles. The minimum atomic E-state index is -0.651. The molecule has 4 aliphatic rings. The van der Waals surface area contributed by atoms with E-state index in [0.717, 1.165) is 44.8 Å². The molecule has 9 heteroatoms. The first-order chi connectivity index (χ1) is 17.1. The average Bonchev–Trinajstić information content (AvgIpc) is 3.25. The SMILES string of the molecule is CC(C)Oc1ccc(F)cc1N1CCN(CCCN2C(=O)C3CC4OC(C)(C)OC4CC3C2=O)CC1. The lowest BCUT2D eigenvalue weighted by atomic mass is 9.78. The van der Waals surface area contributed by atoms with Gasteiger partial charge in [0.2, 0.25) is 11.8 Å². The van der Waals surface area contributed by atoms with Crippen molar-refractivity contribution < 1.29 is 28.2 Å². The lowest BCUT2D eigenvalue weighted by molar-refractivity contribution is -0.149. The van der Waals surface area contributed by atoms with Gasteiger partial charge < -0.3 is 19.1 Å². The second-order valence-corrected chi connectivity index (χ2v) is 11.2. The van der Waals surface area contributed by atoms with Crippen molar-refractivity contribution in [2.24, 2.45) is 11.8 Å². The van der Waals surface area contributed by atoms with Crippen LogP contribution in [0.2, 0.25) is 0 Å². The summed E-state index contributed by atoms with van der Waals surface area (Å²) in [4.78, 5) is 32.1. The molecule has 0 N–H and O–H groups in total. The number of anilines is 1. The van der Waals surface area contributed by atoms with Crippen LogP contribution in [0.3, 0.4) is 0 Å². The highest BCUT2D eigenvalue weighted by Gasteiger charge is 2.56. The van der Waals surface area contributed by atoms with Crippen molar-refractivity contribution in [3.05, 3.63) is 24.0 Å². The Kier molecular flexibility index (Phi) is 7.00. The summed E-state index contributed by atoms with van der Waals surface area (Å²) in [6.45, 7) is 12.1. The molecule has 0 radical (unpaired) electrons. The molecule has 4 fully saturated rings. The highest BCUT2D eigenvalue weighted by Crippen LogP contribution is 2.45. The Labute approximate surface area is 212 Å². The molecule has 1 aromatic carbocycles. The van der Waals surface area contributed by atoms with E-state index in [9.17, 15) is 14.0 Å². The topological polar surface area (TPSA) is 71.6 Å². The Balaban J connectivity index is 1.11. The maximum Gasteiger partial charge on any atom is 0.233 e. The number of carbonyl (C=O) groups excluding carboxylic acids is 2. The first-order valence-electron chi connectivity index (χ1n) is 13.3. The van der Waals surface area contributed by atoms with Crippen LogP contribution in [0, 0.1) is 17.7 Å². The third kappa shape index (κ3) is 5.10. The fourth-order valence-corrected chi connectivity index (χ4v) is 6.17. The zero-order chi connectivity index (χ0) is 25.6. The van der Waals surface area contributed by atoms with Gasteiger partial charge >= 0.3 is 0 Å². The number of ether oxygens (including phenoxy) is 3. The number of imide groups is 1. The van der Waals surface area contributed by atoms with Crippen molar-refractivity contribution >= 4 is 17.5 Å². The first kappa shape index (κ1) is 25.4. The van der Waals surface area contributed by atoms with Gasteiger partial charge in [0.25, 0.3) is 0 Å². The molecular weight excluding hydrogens is 465 g/mol. The Morgan fingerprint density at radius 1 is 1.00 bits per heavy atom. The van der Waals surface area contributed by atoms with Gasteiger partial charge in [-0.15, -0.1) is 0 Å². The zero-order valence-corrected chi connectivity index (χ0v) is 21.7. The largest absolute Gasteiger partial charge is 0.489 e. The number of rotatable bonds is 7. The van der Waals surface area contributed by atoms with Crippen LogP contribution in [0.5, 0.6) is 5.75 Å². The Hall–Kier alpha value is -2.23. The Morgan fingerprint density at radius 2 is 1.61 bits per heavy atom. The molecule has 2 amide bonds. The van der Waals surface area contributed by atoms with E-state index in [0.29, 0.717) is 25.1 Å². The summed E-state index contributed by atoms with van der Waals surface area (Å²) in [6, 6.07) is 4.68. The molecule has 4 unspecified atom stereocenters. The lowest BCUT2D eigenvalue weighted by Gasteiger charge is -2.37. The highest BCUT2D eigenvalue weighted by atomic mass is 19.1. The monoisotopic (exact) mass is 503 g/mol. The summed E-state index contributed by atoms with van der Waals surface area (Å²) in [7, 11) is 0. The van der Waals surface area contributed by atoms with E-state index in [1.807, 2.05) is 27.7 Å². The van der Waals surface area contributed by atoms with Gasteiger partial charge in [-0.1, -0.05) is 0 Å². The molecule has 5 rings (SSSR count). The summed E-state index contributed by atoms with van der Waals surface area (Å²) in [6.07, 6.45) is 1.65. The van der Waals surface area contributed by atoms with Crippen molar-refractivity contribution in [2.75, 3.05) is 44.2 Å². The molecule has 1 aromatic rings. The summed E-state index contributed by atoms with van der Waals surface area (Å²) >= 11 is 0. The van der Waals surface area contributed by atoms with E-state index < -0.39 is 5.79 Å². The smallest absolute Gasteiger partial charge is 0.233 e. The fourth-order valence-electron chi connectivity index (χ4n) is 6.17. The third-order valence-corrected chi connectivity index (χ3v) is 7.76. The van der Waals surface area contributed by atoms with E-state index in [1.165, 1.54) is 11.0 Å².